The Bertz CT molecular complexity index is 416. The first kappa shape index (κ1) is 8.90. The Morgan fingerprint density at radius 3 is 2.69 bits per heavy atom. The lowest BCUT2D eigenvalue weighted by atomic mass is 10.2. The highest BCUT2D eigenvalue weighted by molar-refractivity contribution is 9.11. The Morgan fingerprint density at radius 2 is 2.23 bits per heavy atom. The summed E-state index contributed by atoms with van der Waals surface area (Å²) in [6.45, 7) is 3.84. The van der Waals surface area contributed by atoms with Crippen LogP contribution in [0.25, 0.3) is 10.4 Å². The number of hydrogen-bond acceptors (Lipinski definition) is 4. The molecular formula is C8H7BrN2OS. The summed E-state index contributed by atoms with van der Waals surface area (Å²) in [7, 11) is 0. The second-order valence-electron chi connectivity index (χ2n) is 2.68. The average Bonchev–Trinajstić information content (AvgIpc) is 2.60. The lowest BCUT2D eigenvalue weighted by Gasteiger charge is -1.91. The van der Waals surface area contributed by atoms with E-state index in [1.54, 1.807) is 11.3 Å². The first-order valence-electron chi connectivity index (χ1n) is 3.73. The third-order valence-electron chi connectivity index (χ3n) is 1.76. The van der Waals surface area contributed by atoms with Crippen LogP contribution in [0.4, 0.5) is 0 Å². The molecule has 68 valence electrons. The average molecular weight is 259 g/mol. The van der Waals surface area contributed by atoms with Gasteiger partial charge < -0.3 is 4.52 Å². The van der Waals surface area contributed by atoms with Crippen LogP contribution in [0.15, 0.2) is 14.6 Å². The van der Waals surface area contributed by atoms with Gasteiger partial charge in [-0.05, 0) is 29.8 Å². The molecule has 0 radical (unpaired) electrons. The second kappa shape index (κ2) is 3.23. The van der Waals surface area contributed by atoms with Crippen LogP contribution in [0.1, 0.15) is 11.5 Å². The minimum Gasteiger partial charge on any atom is -0.361 e. The van der Waals surface area contributed by atoms with E-state index in [9.17, 15) is 0 Å². The molecule has 2 heterocycles. The Morgan fingerprint density at radius 1 is 1.46 bits per heavy atom. The topological polar surface area (TPSA) is 38.9 Å². The van der Waals surface area contributed by atoms with Crippen LogP contribution in [0, 0.1) is 13.8 Å². The predicted molar refractivity (Wildman–Crippen MR) is 54.8 cm³/mol. The minimum absolute atomic E-state index is 0.841. The van der Waals surface area contributed by atoms with Gasteiger partial charge in [0.1, 0.15) is 5.76 Å². The molecule has 13 heavy (non-hydrogen) atoms. The van der Waals surface area contributed by atoms with E-state index in [1.165, 1.54) is 0 Å². The summed E-state index contributed by atoms with van der Waals surface area (Å²) in [5.74, 6) is 0.841. The zero-order valence-corrected chi connectivity index (χ0v) is 9.57. The Hall–Kier alpha value is -0.680. The Balaban J connectivity index is 2.57. The standard InChI is InChI=1S/C8H7BrN2OS/c1-4-7(5(2)12-11-4)6-3-10-8(9)13-6/h3H,1-2H3. The number of halogens is 1. The molecule has 2 aromatic rings. The first-order valence-corrected chi connectivity index (χ1v) is 5.34. The molecule has 0 aromatic carbocycles. The van der Waals surface area contributed by atoms with Gasteiger partial charge in [-0.15, -0.1) is 11.3 Å². The molecule has 0 unspecified atom stereocenters. The fraction of sp³-hybridized carbons (Fsp3) is 0.250. The van der Waals surface area contributed by atoms with Gasteiger partial charge in [0.05, 0.1) is 16.1 Å². The van der Waals surface area contributed by atoms with Gasteiger partial charge in [-0.1, -0.05) is 5.16 Å². The van der Waals surface area contributed by atoms with Crippen LogP contribution in [-0.4, -0.2) is 10.1 Å². The minimum atomic E-state index is 0.841. The van der Waals surface area contributed by atoms with Crippen LogP contribution < -0.4 is 0 Å². The maximum Gasteiger partial charge on any atom is 0.159 e. The molecule has 0 saturated heterocycles. The molecule has 0 fully saturated rings. The van der Waals surface area contributed by atoms with Crippen molar-refractivity contribution in [2.45, 2.75) is 13.8 Å². The van der Waals surface area contributed by atoms with Gasteiger partial charge in [0.15, 0.2) is 3.92 Å². The highest BCUT2D eigenvalue weighted by Gasteiger charge is 2.13. The van der Waals surface area contributed by atoms with Crippen LogP contribution in [0.3, 0.4) is 0 Å². The summed E-state index contributed by atoms with van der Waals surface area (Å²) in [5.41, 5.74) is 1.97. The molecule has 3 nitrogen and oxygen atoms in total. The third kappa shape index (κ3) is 1.53. The van der Waals surface area contributed by atoms with Crippen molar-refractivity contribution in [2.75, 3.05) is 0 Å². The van der Waals surface area contributed by atoms with E-state index < -0.39 is 0 Å². The molecule has 0 N–H and O–H groups in total. The van der Waals surface area contributed by atoms with Crippen molar-refractivity contribution in [1.82, 2.24) is 10.1 Å². The molecule has 2 aromatic heterocycles. The number of rotatable bonds is 1. The summed E-state index contributed by atoms with van der Waals surface area (Å²) in [5, 5.41) is 3.89. The van der Waals surface area contributed by atoms with Gasteiger partial charge >= 0.3 is 0 Å². The molecule has 0 atom stereocenters. The van der Waals surface area contributed by atoms with Crippen molar-refractivity contribution in [3.63, 3.8) is 0 Å². The molecule has 0 aliphatic carbocycles. The van der Waals surface area contributed by atoms with Crippen molar-refractivity contribution >= 4 is 27.3 Å². The molecule has 0 aliphatic heterocycles. The van der Waals surface area contributed by atoms with E-state index in [4.69, 9.17) is 4.52 Å². The predicted octanol–water partition coefficient (Wildman–Crippen LogP) is 3.18. The lowest BCUT2D eigenvalue weighted by Crippen LogP contribution is -1.76. The number of aromatic nitrogens is 2. The summed E-state index contributed by atoms with van der Waals surface area (Å²) >= 11 is 4.90. The van der Waals surface area contributed by atoms with Gasteiger partial charge in [-0.25, -0.2) is 4.98 Å². The fourth-order valence-corrected chi connectivity index (χ4v) is 2.61. The van der Waals surface area contributed by atoms with Gasteiger partial charge in [0, 0.05) is 6.20 Å². The van der Waals surface area contributed by atoms with Crippen LogP contribution >= 0.6 is 27.3 Å². The molecule has 0 spiro atoms. The zero-order valence-electron chi connectivity index (χ0n) is 7.17. The SMILES string of the molecule is Cc1noc(C)c1-c1cnc(Br)s1. The highest BCUT2D eigenvalue weighted by atomic mass is 79.9. The number of aryl methyl sites for hydroxylation is 2. The number of thiazole rings is 1. The molecule has 0 saturated carbocycles. The quantitative estimate of drug-likeness (QED) is 0.789. The first-order chi connectivity index (χ1) is 6.18. The van der Waals surface area contributed by atoms with Gasteiger partial charge in [-0.3, -0.25) is 0 Å². The monoisotopic (exact) mass is 258 g/mol. The maximum absolute atomic E-state index is 5.07. The number of hydrogen-bond donors (Lipinski definition) is 0. The molecule has 0 aliphatic rings. The summed E-state index contributed by atoms with van der Waals surface area (Å²) < 4.78 is 5.95. The van der Waals surface area contributed by atoms with Crippen LogP contribution in [0.2, 0.25) is 0 Å². The summed E-state index contributed by atoms with van der Waals surface area (Å²) in [6, 6.07) is 0. The molecule has 2 rings (SSSR count). The zero-order chi connectivity index (χ0) is 9.42. The third-order valence-corrected chi connectivity index (χ3v) is 3.25. The number of nitrogens with zero attached hydrogens (tertiary/aromatic N) is 2. The molecule has 5 heteroatoms. The van der Waals surface area contributed by atoms with Gasteiger partial charge in [0.25, 0.3) is 0 Å². The lowest BCUT2D eigenvalue weighted by molar-refractivity contribution is 0.393. The second-order valence-corrected chi connectivity index (χ2v) is 4.98. The van der Waals surface area contributed by atoms with E-state index in [-0.39, 0.29) is 0 Å². The smallest absolute Gasteiger partial charge is 0.159 e. The normalized spacial score (nSPS) is 10.7. The largest absolute Gasteiger partial charge is 0.361 e. The van der Waals surface area contributed by atoms with Gasteiger partial charge in [-0.2, -0.15) is 0 Å². The van der Waals surface area contributed by atoms with E-state index in [0.717, 1.165) is 25.8 Å². The van der Waals surface area contributed by atoms with Crippen LogP contribution in [-0.2, 0) is 0 Å². The molecule has 0 amide bonds. The van der Waals surface area contributed by atoms with E-state index >= 15 is 0 Å². The van der Waals surface area contributed by atoms with E-state index in [1.807, 2.05) is 20.0 Å². The molecule has 0 bridgehead atoms. The maximum atomic E-state index is 5.07. The van der Waals surface area contributed by atoms with E-state index in [0.29, 0.717) is 0 Å². The highest BCUT2D eigenvalue weighted by Crippen LogP contribution is 2.33. The Labute approximate surface area is 87.9 Å². The fourth-order valence-electron chi connectivity index (χ4n) is 1.20. The van der Waals surface area contributed by atoms with Crippen molar-refractivity contribution in [1.29, 1.82) is 0 Å². The summed E-state index contributed by atoms with van der Waals surface area (Å²) in [4.78, 5) is 5.21. The van der Waals surface area contributed by atoms with Crippen LogP contribution in [0.5, 0.6) is 0 Å². The van der Waals surface area contributed by atoms with Crippen molar-refractivity contribution in [2.24, 2.45) is 0 Å². The van der Waals surface area contributed by atoms with Crippen molar-refractivity contribution in [3.05, 3.63) is 21.6 Å². The van der Waals surface area contributed by atoms with Crippen molar-refractivity contribution < 1.29 is 4.52 Å². The Kier molecular flexibility index (Phi) is 2.21. The summed E-state index contributed by atoms with van der Waals surface area (Å²) in [6.07, 6.45) is 1.82. The molecular weight excluding hydrogens is 252 g/mol. The van der Waals surface area contributed by atoms with Crippen molar-refractivity contribution in [3.8, 4) is 10.4 Å². The van der Waals surface area contributed by atoms with E-state index in [2.05, 4.69) is 26.1 Å². The van der Waals surface area contributed by atoms with Gasteiger partial charge in [0.2, 0.25) is 0 Å².